The van der Waals surface area contributed by atoms with Crippen LogP contribution in [0.4, 0.5) is 0 Å². The van der Waals surface area contributed by atoms with Gasteiger partial charge in [-0.2, -0.15) is 5.10 Å². The Morgan fingerprint density at radius 1 is 1.03 bits per heavy atom. The topological polar surface area (TPSA) is 73.2 Å². The highest BCUT2D eigenvalue weighted by atomic mass is 16.5. The minimum atomic E-state index is -0.540. The van der Waals surface area contributed by atoms with E-state index < -0.39 is 5.97 Å². The molecule has 1 atom stereocenters. The van der Waals surface area contributed by atoms with Crippen LogP contribution in [-0.4, -0.2) is 28.3 Å². The molecule has 3 rings (SSSR count). The second kappa shape index (κ2) is 9.19. The monoisotopic (exact) mass is 391 g/mol. The van der Waals surface area contributed by atoms with E-state index in [9.17, 15) is 9.59 Å². The number of amides is 1. The maximum absolute atomic E-state index is 12.6. The van der Waals surface area contributed by atoms with Crippen LogP contribution < -0.4 is 5.32 Å². The van der Waals surface area contributed by atoms with Gasteiger partial charge in [-0.1, -0.05) is 60.7 Å². The van der Waals surface area contributed by atoms with E-state index in [0.29, 0.717) is 17.8 Å². The van der Waals surface area contributed by atoms with Gasteiger partial charge >= 0.3 is 5.97 Å². The number of nitrogens with zero attached hydrogens (tertiary/aromatic N) is 2. The molecule has 0 saturated carbocycles. The molecule has 1 heterocycles. The summed E-state index contributed by atoms with van der Waals surface area (Å²) < 4.78 is 7.02. The molecule has 3 aromatic rings. The van der Waals surface area contributed by atoms with Gasteiger partial charge in [-0.3, -0.25) is 9.48 Å². The number of hydrogen-bond donors (Lipinski definition) is 1. The Hall–Kier alpha value is -3.41. The Bertz CT molecular complexity index is 981. The number of hydrogen-bond acceptors (Lipinski definition) is 4. The molecule has 0 fully saturated rings. The second-order valence-electron chi connectivity index (χ2n) is 6.97. The molecule has 0 spiro atoms. The number of carbonyl (C=O) groups excluding carboxylic acids is 2. The summed E-state index contributed by atoms with van der Waals surface area (Å²) in [7, 11) is 0. The van der Waals surface area contributed by atoms with E-state index in [1.54, 1.807) is 11.6 Å². The first-order chi connectivity index (χ1) is 14.0. The lowest BCUT2D eigenvalue weighted by atomic mass is 10.1. The number of rotatable bonds is 7. The molecule has 1 aromatic heterocycles. The van der Waals surface area contributed by atoms with E-state index in [0.717, 1.165) is 16.8 Å². The van der Waals surface area contributed by atoms with Crippen LogP contribution in [-0.2, 0) is 16.1 Å². The van der Waals surface area contributed by atoms with Gasteiger partial charge in [0.2, 0.25) is 0 Å². The number of aromatic nitrogens is 2. The lowest BCUT2D eigenvalue weighted by molar-refractivity contribution is -0.124. The summed E-state index contributed by atoms with van der Waals surface area (Å²) in [6.07, 6.45) is 0. The Labute approximate surface area is 170 Å². The zero-order valence-electron chi connectivity index (χ0n) is 16.9. The molecule has 0 radical (unpaired) electrons. The molecule has 1 N–H and O–H groups in total. The Balaban J connectivity index is 1.60. The Morgan fingerprint density at radius 3 is 2.31 bits per heavy atom. The van der Waals surface area contributed by atoms with E-state index in [-0.39, 0.29) is 18.6 Å². The first-order valence-electron chi connectivity index (χ1n) is 9.55. The SMILES string of the molecule is Cc1nn(Cc2ccccc2)c(C)c1C(=O)OCC(=O)N[C@H](C)c1ccccc1. The summed E-state index contributed by atoms with van der Waals surface area (Å²) in [5.74, 6) is -0.886. The summed E-state index contributed by atoms with van der Waals surface area (Å²) in [4.78, 5) is 24.7. The Kier molecular flexibility index (Phi) is 6.44. The van der Waals surface area contributed by atoms with E-state index in [2.05, 4.69) is 10.4 Å². The van der Waals surface area contributed by atoms with Gasteiger partial charge in [-0.15, -0.1) is 0 Å². The molecule has 0 saturated heterocycles. The molecule has 0 unspecified atom stereocenters. The van der Waals surface area contributed by atoms with Crippen LogP contribution in [0.15, 0.2) is 60.7 Å². The highest BCUT2D eigenvalue weighted by molar-refractivity contribution is 5.93. The first-order valence-corrected chi connectivity index (χ1v) is 9.55. The maximum atomic E-state index is 12.6. The zero-order chi connectivity index (χ0) is 20.8. The normalized spacial score (nSPS) is 11.7. The van der Waals surface area contributed by atoms with Crippen molar-refractivity contribution in [1.29, 1.82) is 0 Å². The molecule has 150 valence electrons. The summed E-state index contributed by atoms with van der Waals surface area (Å²) in [6.45, 7) is 5.71. The predicted octanol–water partition coefficient (Wildman–Crippen LogP) is 3.58. The van der Waals surface area contributed by atoms with Crippen molar-refractivity contribution in [2.45, 2.75) is 33.4 Å². The van der Waals surface area contributed by atoms with Gasteiger partial charge in [0.15, 0.2) is 6.61 Å². The van der Waals surface area contributed by atoms with Crippen LogP contribution in [0.5, 0.6) is 0 Å². The van der Waals surface area contributed by atoms with Crippen molar-refractivity contribution in [3.63, 3.8) is 0 Å². The van der Waals surface area contributed by atoms with Gasteiger partial charge in [0, 0.05) is 0 Å². The zero-order valence-corrected chi connectivity index (χ0v) is 16.9. The third-order valence-corrected chi connectivity index (χ3v) is 4.77. The van der Waals surface area contributed by atoms with Gasteiger partial charge in [0.05, 0.1) is 24.0 Å². The van der Waals surface area contributed by atoms with Crippen molar-refractivity contribution < 1.29 is 14.3 Å². The van der Waals surface area contributed by atoms with Crippen LogP contribution in [0.1, 0.15) is 45.8 Å². The lowest BCUT2D eigenvalue weighted by Crippen LogP contribution is -2.31. The van der Waals surface area contributed by atoms with Crippen molar-refractivity contribution in [2.75, 3.05) is 6.61 Å². The standard InChI is InChI=1S/C23H25N3O3/c1-16(20-12-8-5-9-13-20)24-21(27)15-29-23(28)22-17(2)25-26(18(22)3)14-19-10-6-4-7-11-19/h4-13,16H,14-15H2,1-3H3,(H,24,27)/t16-/m1/s1. The van der Waals surface area contributed by atoms with Crippen LogP contribution in [0.25, 0.3) is 0 Å². The van der Waals surface area contributed by atoms with E-state index in [1.165, 1.54) is 0 Å². The average Bonchev–Trinajstić information content (AvgIpc) is 3.00. The molecular weight excluding hydrogens is 366 g/mol. The third-order valence-electron chi connectivity index (χ3n) is 4.77. The maximum Gasteiger partial charge on any atom is 0.342 e. The minimum Gasteiger partial charge on any atom is -0.452 e. The molecule has 29 heavy (non-hydrogen) atoms. The van der Waals surface area contributed by atoms with Crippen LogP contribution >= 0.6 is 0 Å². The quantitative estimate of drug-likeness (QED) is 0.625. The average molecular weight is 391 g/mol. The number of nitrogens with one attached hydrogen (secondary N) is 1. The van der Waals surface area contributed by atoms with Crippen LogP contribution in [0.3, 0.4) is 0 Å². The minimum absolute atomic E-state index is 0.167. The van der Waals surface area contributed by atoms with Gasteiger partial charge in [0.25, 0.3) is 5.91 Å². The number of benzene rings is 2. The fraction of sp³-hybridized carbons (Fsp3) is 0.261. The molecule has 6 heteroatoms. The number of carbonyl (C=O) groups is 2. The Morgan fingerprint density at radius 2 is 1.66 bits per heavy atom. The number of ether oxygens (including phenoxy) is 1. The third kappa shape index (κ3) is 5.10. The number of esters is 1. The van der Waals surface area contributed by atoms with Crippen molar-refractivity contribution >= 4 is 11.9 Å². The molecule has 2 aromatic carbocycles. The molecule has 0 bridgehead atoms. The molecular formula is C23H25N3O3. The highest BCUT2D eigenvalue weighted by Crippen LogP contribution is 2.16. The fourth-order valence-corrected chi connectivity index (χ4v) is 3.21. The van der Waals surface area contributed by atoms with E-state index >= 15 is 0 Å². The predicted molar refractivity (Wildman–Crippen MR) is 111 cm³/mol. The fourth-order valence-electron chi connectivity index (χ4n) is 3.21. The second-order valence-corrected chi connectivity index (χ2v) is 6.97. The van der Waals surface area contributed by atoms with Crippen LogP contribution in [0.2, 0.25) is 0 Å². The van der Waals surface area contributed by atoms with Gasteiger partial charge < -0.3 is 10.1 Å². The van der Waals surface area contributed by atoms with Crippen molar-refractivity contribution in [3.8, 4) is 0 Å². The van der Waals surface area contributed by atoms with Gasteiger partial charge in [-0.25, -0.2) is 4.79 Å². The van der Waals surface area contributed by atoms with E-state index in [1.807, 2.05) is 74.5 Å². The molecule has 0 aliphatic carbocycles. The van der Waals surface area contributed by atoms with Gasteiger partial charge in [-0.05, 0) is 31.9 Å². The van der Waals surface area contributed by atoms with Crippen molar-refractivity contribution in [3.05, 3.63) is 88.7 Å². The molecule has 6 nitrogen and oxygen atoms in total. The summed E-state index contributed by atoms with van der Waals surface area (Å²) >= 11 is 0. The van der Waals surface area contributed by atoms with Crippen molar-refractivity contribution in [2.24, 2.45) is 0 Å². The summed E-state index contributed by atoms with van der Waals surface area (Å²) in [5, 5.41) is 7.29. The van der Waals surface area contributed by atoms with Crippen molar-refractivity contribution in [1.82, 2.24) is 15.1 Å². The van der Waals surface area contributed by atoms with Gasteiger partial charge in [0.1, 0.15) is 5.56 Å². The summed E-state index contributed by atoms with van der Waals surface area (Å²) in [5.41, 5.74) is 3.79. The number of aryl methyl sites for hydroxylation is 1. The molecule has 1 amide bonds. The lowest BCUT2D eigenvalue weighted by Gasteiger charge is -2.14. The molecule has 0 aliphatic heterocycles. The van der Waals surface area contributed by atoms with Crippen LogP contribution in [0, 0.1) is 13.8 Å². The summed E-state index contributed by atoms with van der Waals surface area (Å²) in [6, 6.07) is 19.3. The largest absolute Gasteiger partial charge is 0.452 e. The highest BCUT2D eigenvalue weighted by Gasteiger charge is 2.21. The first kappa shape index (κ1) is 20.3. The smallest absolute Gasteiger partial charge is 0.342 e. The van der Waals surface area contributed by atoms with E-state index in [4.69, 9.17) is 4.74 Å². The molecule has 0 aliphatic rings.